The van der Waals surface area contributed by atoms with Crippen molar-refractivity contribution in [1.82, 2.24) is 0 Å². The first-order valence-corrected chi connectivity index (χ1v) is 8.59. The van der Waals surface area contributed by atoms with Gasteiger partial charge in [0.2, 0.25) is 0 Å². The van der Waals surface area contributed by atoms with Crippen molar-refractivity contribution in [2.24, 2.45) is 11.7 Å². The molecule has 0 saturated heterocycles. The summed E-state index contributed by atoms with van der Waals surface area (Å²) in [5.74, 6) is 1.33. The van der Waals surface area contributed by atoms with Gasteiger partial charge in [-0.15, -0.1) is 0 Å². The highest BCUT2D eigenvalue weighted by molar-refractivity contribution is 9.10. The zero-order valence-corrected chi connectivity index (χ0v) is 14.9. The van der Waals surface area contributed by atoms with Crippen molar-refractivity contribution in [3.05, 3.63) is 63.0 Å². The molecule has 21 heavy (non-hydrogen) atoms. The normalized spacial score (nSPS) is 12.1. The van der Waals surface area contributed by atoms with Gasteiger partial charge in [0, 0.05) is 8.95 Å². The molecule has 0 radical (unpaired) electrons. The minimum Gasteiger partial charge on any atom is -0.494 e. The number of hydrogen-bond acceptors (Lipinski definition) is 2. The molecule has 0 aliphatic rings. The Hall–Kier alpha value is -0.840. The summed E-state index contributed by atoms with van der Waals surface area (Å²) in [4.78, 5) is 0. The molecule has 2 aromatic rings. The fraction of sp³-hybridized carbons (Fsp3) is 0.294. The Morgan fingerprint density at radius 3 is 2.38 bits per heavy atom. The highest BCUT2D eigenvalue weighted by atomic mass is 79.9. The Morgan fingerprint density at radius 2 is 1.71 bits per heavy atom. The van der Waals surface area contributed by atoms with Crippen LogP contribution in [0.2, 0.25) is 0 Å². The monoisotopic (exact) mass is 411 g/mol. The molecule has 0 aliphatic carbocycles. The van der Waals surface area contributed by atoms with Crippen molar-refractivity contribution in [2.75, 3.05) is 13.2 Å². The van der Waals surface area contributed by atoms with E-state index in [4.69, 9.17) is 10.5 Å². The third-order valence-corrected chi connectivity index (χ3v) is 4.32. The van der Waals surface area contributed by atoms with Crippen molar-refractivity contribution in [1.29, 1.82) is 0 Å². The standard InChI is InChI=1S/C17H19Br2NO/c18-15-4-1-3-13(10-15)9-14(12-20)7-8-21-17-6-2-5-16(19)11-17/h1-6,10-11,14H,7-9,12,20H2. The van der Waals surface area contributed by atoms with Gasteiger partial charge >= 0.3 is 0 Å². The number of nitrogens with two attached hydrogens (primary N) is 1. The SMILES string of the molecule is NCC(CCOc1cccc(Br)c1)Cc1cccc(Br)c1. The summed E-state index contributed by atoms with van der Waals surface area (Å²) < 4.78 is 7.93. The van der Waals surface area contributed by atoms with Crippen LogP contribution in [0, 0.1) is 5.92 Å². The van der Waals surface area contributed by atoms with Gasteiger partial charge in [-0.1, -0.05) is 50.1 Å². The van der Waals surface area contributed by atoms with Crippen molar-refractivity contribution < 1.29 is 4.74 Å². The lowest BCUT2D eigenvalue weighted by Crippen LogP contribution is -2.19. The molecule has 0 spiro atoms. The van der Waals surface area contributed by atoms with Crippen LogP contribution in [0.5, 0.6) is 5.75 Å². The first kappa shape index (κ1) is 16.5. The van der Waals surface area contributed by atoms with Gasteiger partial charge < -0.3 is 10.5 Å². The highest BCUT2D eigenvalue weighted by Crippen LogP contribution is 2.20. The van der Waals surface area contributed by atoms with Crippen molar-refractivity contribution in [3.8, 4) is 5.75 Å². The maximum absolute atomic E-state index is 5.89. The fourth-order valence-electron chi connectivity index (χ4n) is 2.20. The summed E-state index contributed by atoms with van der Waals surface area (Å²) in [5, 5.41) is 0. The molecule has 0 heterocycles. The number of ether oxygens (including phenoxy) is 1. The smallest absolute Gasteiger partial charge is 0.120 e. The van der Waals surface area contributed by atoms with Crippen LogP contribution in [0.15, 0.2) is 57.5 Å². The lowest BCUT2D eigenvalue weighted by atomic mass is 9.97. The molecule has 0 bridgehead atoms. The average Bonchev–Trinajstić information content (AvgIpc) is 2.46. The van der Waals surface area contributed by atoms with Crippen molar-refractivity contribution >= 4 is 31.9 Å². The first-order valence-electron chi connectivity index (χ1n) is 7.00. The Balaban J connectivity index is 1.82. The van der Waals surface area contributed by atoms with E-state index in [-0.39, 0.29) is 0 Å². The number of benzene rings is 2. The van der Waals surface area contributed by atoms with Gasteiger partial charge in [0.25, 0.3) is 0 Å². The fourth-order valence-corrected chi connectivity index (χ4v) is 3.03. The van der Waals surface area contributed by atoms with E-state index >= 15 is 0 Å². The van der Waals surface area contributed by atoms with E-state index in [0.29, 0.717) is 19.1 Å². The van der Waals surface area contributed by atoms with Crippen LogP contribution in [-0.4, -0.2) is 13.2 Å². The Morgan fingerprint density at radius 1 is 1.00 bits per heavy atom. The van der Waals surface area contributed by atoms with Crippen molar-refractivity contribution in [3.63, 3.8) is 0 Å². The van der Waals surface area contributed by atoms with Gasteiger partial charge in [-0.25, -0.2) is 0 Å². The molecule has 0 saturated carbocycles. The van der Waals surface area contributed by atoms with E-state index in [1.807, 2.05) is 30.3 Å². The second kappa shape index (κ2) is 8.57. The highest BCUT2D eigenvalue weighted by Gasteiger charge is 2.09. The van der Waals surface area contributed by atoms with Gasteiger partial charge in [-0.2, -0.15) is 0 Å². The summed E-state index contributed by atoms with van der Waals surface area (Å²) in [6, 6.07) is 16.3. The summed E-state index contributed by atoms with van der Waals surface area (Å²) in [6.07, 6.45) is 1.94. The third kappa shape index (κ3) is 5.81. The average molecular weight is 413 g/mol. The largest absolute Gasteiger partial charge is 0.494 e. The van der Waals surface area contributed by atoms with Gasteiger partial charge in [-0.3, -0.25) is 0 Å². The summed E-state index contributed by atoms with van der Waals surface area (Å²) in [7, 11) is 0. The number of halogens is 2. The minimum atomic E-state index is 0.437. The molecule has 2 N–H and O–H groups in total. The molecule has 0 amide bonds. The van der Waals surface area contributed by atoms with Crippen LogP contribution in [0.25, 0.3) is 0 Å². The molecule has 0 aromatic heterocycles. The molecular formula is C17H19Br2NO. The van der Waals surface area contributed by atoms with Gasteiger partial charge in [0.05, 0.1) is 6.61 Å². The minimum absolute atomic E-state index is 0.437. The summed E-state index contributed by atoms with van der Waals surface area (Å²) in [6.45, 7) is 1.36. The molecule has 1 unspecified atom stereocenters. The van der Waals surface area contributed by atoms with E-state index in [9.17, 15) is 0 Å². The number of rotatable bonds is 7. The van der Waals surface area contributed by atoms with Crippen LogP contribution in [0.1, 0.15) is 12.0 Å². The Labute approximate surface area is 143 Å². The zero-order chi connectivity index (χ0) is 15.1. The van der Waals surface area contributed by atoms with Gasteiger partial charge in [-0.05, 0) is 61.2 Å². The van der Waals surface area contributed by atoms with Crippen molar-refractivity contribution in [2.45, 2.75) is 12.8 Å². The molecule has 2 rings (SSSR count). The van der Waals surface area contributed by atoms with Crippen LogP contribution in [0.4, 0.5) is 0 Å². The summed E-state index contributed by atoms with van der Waals surface area (Å²) in [5.41, 5.74) is 7.20. The van der Waals surface area contributed by atoms with Crippen LogP contribution in [0.3, 0.4) is 0 Å². The van der Waals surface area contributed by atoms with E-state index in [0.717, 1.165) is 27.5 Å². The summed E-state index contributed by atoms with van der Waals surface area (Å²) >= 11 is 6.95. The van der Waals surface area contributed by atoms with Gasteiger partial charge in [0.15, 0.2) is 0 Å². The second-order valence-corrected chi connectivity index (χ2v) is 6.86. The maximum atomic E-state index is 5.89. The van der Waals surface area contributed by atoms with E-state index in [1.54, 1.807) is 0 Å². The topological polar surface area (TPSA) is 35.2 Å². The zero-order valence-electron chi connectivity index (χ0n) is 11.8. The molecule has 0 aliphatic heterocycles. The van der Waals surface area contributed by atoms with Gasteiger partial charge in [0.1, 0.15) is 5.75 Å². The quantitative estimate of drug-likeness (QED) is 0.708. The molecule has 112 valence electrons. The predicted molar refractivity (Wildman–Crippen MR) is 94.6 cm³/mol. The van der Waals surface area contributed by atoms with Crippen LogP contribution in [-0.2, 0) is 6.42 Å². The predicted octanol–water partition coefficient (Wildman–Crippen LogP) is 4.80. The first-order chi connectivity index (χ1) is 10.2. The molecule has 0 fully saturated rings. The van der Waals surface area contributed by atoms with Crippen LogP contribution >= 0.6 is 31.9 Å². The maximum Gasteiger partial charge on any atom is 0.120 e. The lowest BCUT2D eigenvalue weighted by molar-refractivity contribution is 0.278. The molecule has 1 atom stereocenters. The molecular weight excluding hydrogens is 394 g/mol. The third-order valence-electron chi connectivity index (χ3n) is 3.34. The van der Waals surface area contributed by atoms with E-state index < -0.39 is 0 Å². The lowest BCUT2D eigenvalue weighted by Gasteiger charge is -2.15. The molecule has 2 nitrogen and oxygen atoms in total. The van der Waals surface area contributed by atoms with E-state index in [1.165, 1.54) is 5.56 Å². The molecule has 2 aromatic carbocycles. The van der Waals surface area contributed by atoms with Crippen LogP contribution < -0.4 is 10.5 Å². The number of hydrogen-bond donors (Lipinski definition) is 1. The Kier molecular flexibility index (Phi) is 6.74. The van der Waals surface area contributed by atoms with E-state index in [2.05, 4.69) is 50.1 Å². The molecule has 4 heteroatoms. The second-order valence-electron chi connectivity index (χ2n) is 5.03. The Bertz CT molecular complexity index is 574.